The number of pyridine rings is 1. The van der Waals surface area contributed by atoms with Gasteiger partial charge in [0.2, 0.25) is 0 Å². The molecule has 0 bridgehead atoms. The van der Waals surface area contributed by atoms with Crippen molar-refractivity contribution in [2.45, 2.75) is 13.0 Å². The first-order valence-electron chi connectivity index (χ1n) is 6.40. The number of aromatic nitrogens is 1. The van der Waals surface area contributed by atoms with Crippen molar-refractivity contribution in [3.8, 4) is 0 Å². The average Bonchev–Trinajstić information content (AvgIpc) is 3.00. The monoisotopic (exact) mass is 336 g/mol. The van der Waals surface area contributed by atoms with Crippen LogP contribution >= 0.6 is 22.9 Å². The molecule has 7 heteroatoms. The zero-order valence-corrected chi connectivity index (χ0v) is 13.2. The molecule has 1 atom stereocenters. The van der Waals surface area contributed by atoms with Crippen LogP contribution in [-0.2, 0) is 14.3 Å². The molecule has 0 saturated heterocycles. The highest BCUT2D eigenvalue weighted by atomic mass is 35.5. The van der Waals surface area contributed by atoms with Gasteiger partial charge < -0.3 is 10.1 Å². The van der Waals surface area contributed by atoms with E-state index in [1.807, 2.05) is 17.5 Å². The molecule has 0 aliphatic heterocycles. The number of carbonyl (C=O) groups excluding carboxylic acids is 2. The van der Waals surface area contributed by atoms with Crippen LogP contribution in [0.15, 0.2) is 41.9 Å². The van der Waals surface area contributed by atoms with Gasteiger partial charge in [0.05, 0.1) is 5.69 Å². The van der Waals surface area contributed by atoms with Gasteiger partial charge in [0.25, 0.3) is 5.91 Å². The number of hydrogen-bond donors (Lipinski definition) is 1. The van der Waals surface area contributed by atoms with Gasteiger partial charge in [-0.2, -0.15) is 0 Å². The Kier molecular flexibility index (Phi) is 5.68. The SMILES string of the molecule is C[C@H](OC(=O)/C=C/c1cccs1)C(=O)Nc1cccnc1Cl. The second-order valence-electron chi connectivity index (χ2n) is 4.26. The summed E-state index contributed by atoms with van der Waals surface area (Å²) < 4.78 is 5.03. The number of nitrogens with zero attached hydrogens (tertiary/aromatic N) is 1. The molecule has 0 aromatic carbocycles. The van der Waals surface area contributed by atoms with Gasteiger partial charge in [-0.05, 0) is 36.6 Å². The molecule has 2 aromatic heterocycles. The normalized spacial score (nSPS) is 12.1. The zero-order chi connectivity index (χ0) is 15.9. The summed E-state index contributed by atoms with van der Waals surface area (Å²) in [4.78, 5) is 28.4. The topological polar surface area (TPSA) is 68.3 Å². The number of carbonyl (C=O) groups is 2. The highest BCUT2D eigenvalue weighted by Crippen LogP contribution is 2.17. The summed E-state index contributed by atoms with van der Waals surface area (Å²) in [7, 11) is 0. The van der Waals surface area contributed by atoms with E-state index in [0.29, 0.717) is 5.69 Å². The fourth-order valence-corrected chi connectivity index (χ4v) is 2.30. The molecule has 0 aliphatic rings. The van der Waals surface area contributed by atoms with E-state index in [1.165, 1.54) is 30.5 Å². The van der Waals surface area contributed by atoms with Crippen LogP contribution in [0.3, 0.4) is 0 Å². The molecule has 0 saturated carbocycles. The molecule has 1 N–H and O–H groups in total. The van der Waals surface area contributed by atoms with Crippen LogP contribution in [-0.4, -0.2) is 23.0 Å². The fourth-order valence-electron chi connectivity index (χ4n) is 1.52. The minimum absolute atomic E-state index is 0.173. The summed E-state index contributed by atoms with van der Waals surface area (Å²) in [5, 5.41) is 4.63. The number of amides is 1. The number of hydrogen-bond acceptors (Lipinski definition) is 5. The Morgan fingerprint density at radius 1 is 1.41 bits per heavy atom. The third kappa shape index (κ3) is 4.68. The van der Waals surface area contributed by atoms with Crippen LogP contribution in [0, 0.1) is 0 Å². The predicted octanol–water partition coefficient (Wildman–Crippen LogP) is 3.38. The number of nitrogens with one attached hydrogen (secondary N) is 1. The molecule has 5 nitrogen and oxygen atoms in total. The largest absolute Gasteiger partial charge is 0.449 e. The van der Waals surface area contributed by atoms with Crippen molar-refractivity contribution in [1.82, 2.24) is 4.98 Å². The van der Waals surface area contributed by atoms with Crippen molar-refractivity contribution < 1.29 is 14.3 Å². The Bertz CT molecular complexity index is 686. The number of thiophene rings is 1. The highest BCUT2D eigenvalue weighted by molar-refractivity contribution is 7.10. The number of rotatable bonds is 5. The summed E-state index contributed by atoms with van der Waals surface area (Å²) in [5.41, 5.74) is 0.367. The minimum atomic E-state index is -0.947. The van der Waals surface area contributed by atoms with E-state index in [1.54, 1.807) is 18.2 Å². The molecule has 2 heterocycles. The van der Waals surface area contributed by atoms with Crippen LogP contribution in [0.2, 0.25) is 5.15 Å². The fraction of sp³-hybridized carbons (Fsp3) is 0.133. The third-order valence-corrected chi connectivity index (χ3v) is 3.74. The first-order chi connectivity index (χ1) is 10.6. The van der Waals surface area contributed by atoms with Crippen molar-refractivity contribution >= 4 is 46.6 Å². The molecule has 0 radical (unpaired) electrons. The minimum Gasteiger partial charge on any atom is -0.449 e. The lowest BCUT2D eigenvalue weighted by molar-refractivity contribution is -0.148. The molecule has 2 rings (SSSR count). The van der Waals surface area contributed by atoms with Gasteiger partial charge in [-0.25, -0.2) is 9.78 Å². The van der Waals surface area contributed by atoms with Crippen LogP contribution in [0.5, 0.6) is 0 Å². The zero-order valence-electron chi connectivity index (χ0n) is 11.7. The van der Waals surface area contributed by atoms with E-state index in [9.17, 15) is 9.59 Å². The molecule has 0 aliphatic carbocycles. The van der Waals surface area contributed by atoms with E-state index < -0.39 is 18.0 Å². The van der Waals surface area contributed by atoms with Gasteiger partial charge in [0, 0.05) is 17.2 Å². The molecule has 114 valence electrons. The lowest BCUT2D eigenvalue weighted by atomic mass is 10.3. The lowest BCUT2D eigenvalue weighted by Gasteiger charge is -2.12. The van der Waals surface area contributed by atoms with Gasteiger partial charge in [0.1, 0.15) is 0 Å². The molecule has 2 aromatic rings. The van der Waals surface area contributed by atoms with Crippen LogP contribution in [0.25, 0.3) is 6.08 Å². The van der Waals surface area contributed by atoms with Crippen molar-refractivity contribution in [1.29, 1.82) is 0 Å². The van der Waals surface area contributed by atoms with Crippen LogP contribution in [0.1, 0.15) is 11.8 Å². The quantitative estimate of drug-likeness (QED) is 0.516. The molecular formula is C15H13ClN2O3S. The Balaban J connectivity index is 1.88. The van der Waals surface area contributed by atoms with Crippen molar-refractivity contribution in [3.63, 3.8) is 0 Å². The average molecular weight is 337 g/mol. The summed E-state index contributed by atoms with van der Waals surface area (Å²) in [6.07, 6.45) is 3.48. The number of anilines is 1. The van der Waals surface area contributed by atoms with E-state index in [0.717, 1.165) is 4.88 Å². The van der Waals surface area contributed by atoms with Gasteiger partial charge in [-0.1, -0.05) is 17.7 Å². The maximum atomic E-state index is 11.9. The standard InChI is InChI=1S/C15H13ClN2O3S/c1-10(15(20)18-12-5-2-8-17-14(12)16)21-13(19)7-6-11-4-3-9-22-11/h2-10H,1H3,(H,18,20)/b7-6+/t10-/m0/s1. The van der Waals surface area contributed by atoms with Crippen molar-refractivity contribution in [2.75, 3.05) is 5.32 Å². The predicted molar refractivity (Wildman–Crippen MR) is 86.8 cm³/mol. The first kappa shape index (κ1) is 16.2. The molecule has 0 fully saturated rings. The smallest absolute Gasteiger partial charge is 0.331 e. The molecule has 0 spiro atoms. The van der Waals surface area contributed by atoms with E-state index in [4.69, 9.17) is 16.3 Å². The summed E-state index contributed by atoms with van der Waals surface area (Å²) in [5.74, 6) is -1.07. The van der Waals surface area contributed by atoms with Crippen molar-refractivity contribution in [2.24, 2.45) is 0 Å². The third-order valence-electron chi connectivity index (χ3n) is 2.61. The first-order valence-corrected chi connectivity index (χ1v) is 7.65. The molecular weight excluding hydrogens is 324 g/mol. The maximum Gasteiger partial charge on any atom is 0.331 e. The number of halogens is 1. The summed E-state index contributed by atoms with van der Waals surface area (Å²) in [6.45, 7) is 1.48. The Hall–Kier alpha value is -2.18. The Morgan fingerprint density at radius 2 is 2.23 bits per heavy atom. The van der Waals surface area contributed by atoms with Crippen LogP contribution in [0.4, 0.5) is 5.69 Å². The van der Waals surface area contributed by atoms with E-state index in [2.05, 4.69) is 10.3 Å². The molecule has 0 unspecified atom stereocenters. The second kappa shape index (κ2) is 7.72. The number of esters is 1. The maximum absolute atomic E-state index is 11.9. The highest BCUT2D eigenvalue weighted by Gasteiger charge is 2.17. The van der Waals surface area contributed by atoms with Crippen molar-refractivity contribution in [3.05, 3.63) is 51.9 Å². The summed E-state index contributed by atoms with van der Waals surface area (Å²) >= 11 is 7.34. The second-order valence-corrected chi connectivity index (χ2v) is 5.60. The van der Waals surface area contributed by atoms with Gasteiger partial charge >= 0.3 is 5.97 Å². The number of ether oxygens (including phenoxy) is 1. The van der Waals surface area contributed by atoms with E-state index in [-0.39, 0.29) is 5.15 Å². The van der Waals surface area contributed by atoms with Gasteiger partial charge in [-0.3, -0.25) is 4.79 Å². The molecule has 1 amide bonds. The van der Waals surface area contributed by atoms with E-state index >= 15 is 0 Å². The lowest BCUT2D eigenvalue weighted by Crippen LogP contribution is -2.29. The van der Waals surface area contributed by atoms with Crippen LogP contribution < -0.4 is 5.32 Å². The van der Waals surface area contributed by atoms with Gasteiger partial charge in [0.15, 0.2) is 11.3 Å². The molecule has 22 heavy (non-hydrogen) atoms. The Morgan fingerprint density at radius 3 is 2.91 bits per heavy atom. The Labute approximate surface area is 136 Å². The van der Waals surface area contributed by atoms with Gasteiger partial charge in [-0.15, -0.1) is 11.3 Å². The summed E-state index contributed by atoms with van der Waals surface area (Å²) in [6, 6.07) is 7.00.